The first-order chi connectivity index (χ1) is 15.1. The molecule has 1 atom stereocenters. The zero-order chi connectivity index (χ0) is 21.6. The summed E-state index contributed by atoms with van der Waals surface area (Å²) in [5.41, 5.74) is 1.70. The van der Waals surface area contributed by atoms with Gasteiger partial charge in [-0.2, -0.15) is 0 Å². The molecule has 4 nitrogen and oxygen atoms in total. The van der Waals surface area contributed by atoms with E-state index in [2.05, 4.69) is 10.3 Å². The highest BCUT2D eigenvalue weighted by molar-refractivity contribution is 5.99. The number of ketones is 1. The van der Waals surface area contributed by atoms with Gasteiger partial charge in [-0.05, 0) is 41.1 Å². The zero-order valence-corrected chi connectivity index (χ0v) is 16.8. The van der Waals surface area contributed by atoms with Crippen LogP contribution in [0.25, 0.3) is 10.8 Å². The number of hydrogen-bond acceptors (Lipinski definition) is 3. The van der Waals surface area contributed by atoms with Crippen molar-refractivity contribution in [2.24, 2.45) is 0 Å². The Morgan fingerprint density at radius 2 is 1.68 bits per heavy atom. The average Bonchev–Trinajstić information content (AvgIpc) is 2.80. The number of aromatic nitrogens is 1. The van der Waals surface area contributed by atoms with Crippen LogP contribution in [0.15, 0.2) is 91.3 Å². The second-order valence-corrected chi connectivity index (χ2v) is 7.35. The lowest BCUT2D eigenvalue weighted by atomic mass is 9.95. The highest BCUT2D eigenvalue weighted by Gasteiger charge is 2.23. The lowest BCUT2D eigenvalue weighted by Gasteiger charge is -2.19. The topological polar surface area (TPSA) is 59.1 Å². The molecule has 1 aromatic heterocycles. The molecule has 31 heavy (non-hydrogen) atoms. The van der Waals surface area contributed by atoms with E-state index in [9.17, 15) is 14.0 Å². The molecule has 1 unspecified atom stereocenters. The van der Waals surface area contributed by atoms with Crippen LogP contribution in [0.1, 0.15) is 21.5 Å². The maximum Gasteiger partial charge on any atom is 0.254 e. The van der Waals surface area contributed by atoms with E-state index < -0.39 is 17.8 Å². The Balaban J connectivity index is 1.60. The van der Waals surface area contributed by atoms with Gasteiger partial charge in [0, 0.05) is 24.2 Å². The summed E-state index contributed by atoms with van der Waals surface area (Å²) in [6, 6.07) is 22.0. The smallest absolute Gasteiger partial charge is 0.254 e. The molecule has 4 aromatic rings. The van der Waals surface area contributed by atoms with Gasteiger partial charge in [-0.1, -0.05) is 60.7 Å². The average molecular weight is 412 g/mol. The van der Waals surface area contributed by atoms with Crippen molar-refractivity contribution < 1.29 is 14.0 Å². The quantitative estimate of drug-likeness (QED) is 0.485. The minimum Gasteiger partial charge on any atom is -0.342 e. The van der Waals surface area contributed by atoms with Crippen molar-refractivity contribution in [3.63, 3.8) is 0 Å². The van der Waals surface area contributed by atoms with Gasteiger partial charge in [-0.15, -0.1) is 0 Å². The molecule has 0 bridgehead atoms. The second kappa shape index (κ2) is 9.30. The van der Waals surface area contributed by atoms with E-state index >= 15 is 0 Å². The van der Waals surface area contributed by atoms with Gasteiger partial charge in [0.05, 0.1) is 11.6 Å². The number of hydrogen-bond donors (Lipinski definition) is 1. The molecular formula is C26H21FN2O2. The number of nitrogens with zero attached hydrogens (tertiary/aromatic N) is 1. The molecule has 4 rings (SSSR count). The molecule has 0 spiro atoms. The third-order valence-electron chi connectivity index (χ3n) is 5.23. The molecular weight excluding hydrogens is 391 g/mol. The number of Topliss-reactive ketones (excluding diaryl/α,β-unsaturated/α-hetero) is 1. The summed E-state index contributed by atoms with van der Waals surface area (Å²) in [5, 5.41) is 4.65. The van der Waals surface area contributed by atoms with Gasteiger partial charge in [0.25, 0.3) is 5.91 Å². The van der Waals surface area contributed by atoms with Crippen LogP contribution in [0.3, 0.4) is 0 Å². The Kier molecular flexibility index (Phi) is 6.13. The number of amides is 1. The summed E-state index contributed by atoms with van der Waals surface area (Å²) in [7, 11) is 0. The summed E-state index contributed by atoms with van der Waals surface area (Å²) >= 11 is 0. The monoisotopic (exact) mass is 412 g/mol. The van der Waals surface area contributed by atoms with E-state index in [4.69, 9.17) is 0 Å². The summed E-state index contributed by atoms with van der Waals surface area (Å²) in [6.45, 7) is 0. The summed E-state index contributed by atoms with van der Waals surface area (Å²) in [6.07, 6.45) is 3.92. The van der Waals surface area contributed by atoms with Gasteiger partial charge in [-0.3, -0.25) is 14.6 Å². The van der Waals surface area contributed by atoms with Gasteiger partial charge in [-0.25, -0.2) is 4.39 Å². The molecule has 0 aliphatic heterocycles. The van der Waals surface area contributed by atoms with Crippen molar-refractivity contribution in [2.45, 2.75) is 18.9 Å². The molecule has 0 saturated carbocycles. The second-order valence-electron chi connectivity index (χ2n) is 7.35. The highest BCUT2D eigenvalue weighted by atomic mass is 19.1. The fourth-order valence-corrected chi connectivity index (χ4v) is 3.63. The largest absolute Gasteiger partial charge is 0.342 e. The first-order valence-electron chi connectivity index (χ1n) is 10.1. The highest BCUT2D eigenvalue weighted by Crippen LogP contribution is 2.19. The molecule has 5 heteroatoms. The van der Waals surface area contributed by atoms with Gasteiger partial charge < -0.3 is 5.32 Å². The maximum atomic E-state index is 14.1. The number of pyridine rings is 1. The Morgan fingerprint density at radius 1 is 0.903 bits per heavy atom. The molecule has 1 N–H and O–H groups in total. The summed E-state index contributed by atoms with van der Waals surface area (Å²) in [5.74, 6) is -1.36. The Labute approximate surface area is 179 Å². The van der Waals surface area contributed by atoms with Crippen molar-refractivity contribution in [3.8, 4) is 0 Å². The van der Waals surface area contributed by atoms with Crippen LogP contribution in [0.5, 0.6) is 0 Å². The first-order valence-corrected chi connectivity index (χ1v) is 10.1. The van der Waals surface area contributed by atoms with Gasteiger partial charge >= 0.3 is 0 Å². The Hall–Kier alpha value is -3.86. The first kappa shape index (κ1) is 20.4. The Bertz CT molecular complexity index is 1220. The Morgan fingerprint density at radius 3 is 2.48 bits per heavy atom. The lowest BCUT2D eigenvalue weighted by molar-refractivity contribution is -0.120. The molecule has 0 aliphatic carbocycles. The number of rotatable bonds is 7. The number of carbonyl (C=O) groups excluding carboxylic acids is 2. The van der Waals surface area contributed by atoms with Crippen LogP contribution in [0.2, 0.25) is 0 Å². The van der Waals surface area contributed by atoms with E-state index in [1.165, 1.54) is 18.2 Å². The van der Waals surface area contributed by atoms with Crippen LogP contribution in [-0.4, -0.2) is 22.7 Å². The van der Waals surface area contributed by atoms with Crippen LogP contribution >= 0.6 is 0 Å². The van der Waals surface area contributed by atoms with Crippen molar-refractivity contribution >= 4 is 22.5 Å². The summed E-state index contributed by atoms with van der Waals surface area (Å²) < 4.78 is 14.1. The predicted molar refractivity (Wildman–Crippen MR) is 118 cm³/mol. The van der Waals surface area contributed by atoms with Crippen LogP contribution in [0, 0.1) is 5.82 Å². The normalized spacial score (nSPS) is 11.8. The van der Waals surface area contributed by atoms with Crippen molar-refractivity contribution in [1.29, 1.82) is 0 Å². The molecule has 0 saturated heterocycles. The molecule has 154 valence electrons. The fraction of sp³-hybridized carbons (Fsp3) is 0.115. The van der Waals surface area contributed by atoms with Crippen molar-refractivity contribution in [3.05, 3.63) is 114 Å². The molecule has 3 aromatic carbocycles. The van der Waals surface area contributed by atoms with E-state index in [0.29, 0.717) is 6.42 Å². The third-order valence-corrected chi connectivity index (χ3v) is 5.23. The lowest BCUT2D eigenvalue weighted by Crippen LogP contribution is -2.43. The minimum atomic E-state index is -0.786. The summed E-state index contributed by atoms with van der Waals surface area (Å²) in [4.78, 5) is 30.1. The number of nitrogens with one attached hydrogen (secondary N) is 1. The fourth-order valence-electron chi connectivity index (χ4n) is 3.63. The molecule has 1 heterocycles. The van der Waals surface area contributed by atoms with Crippen LogP contribution in [0.4, 0.5) is 4.39 Å². The van der Waals surface area contributed by atoms with Gasteiger partial charge in [0.1, 0.15) is 5.82 Å². The standard InChI is InChI=1S/C26H21FN2O2/c27-23-12-5-4-11-22(23)26(31)29-24(15-18-7-2-1-3-8-18)25(30)16-19-9-6-10-20-17-28-14-13-21(19)20/h1-14,17,24H,15-16H2,(H,29,31). The zero-order valence-electron chi connectivity index (χ0n) is 16.8. The number of fused-ring (bicyclic) bond motifs is 1. The molecule has 0 aliphatic rings. The molecule has 0 radical (unpaired) electrons. The minimum absolute atomic E-state index is 0.0791. The van der Waals surface area contributed by atoms with Crippen molar-refractivity contribution in [2.75, 3.05) is 0 Å². The number of halogens is 1. The molecule has 1 amide bonds. The van der Waals surface area contributed by atoms with E-state index in [1.54, 1.807) is 18.5 Å². The third kappa shape index (κ3) is 4.83. The number of benzene rings is 3. The van der Waals surface area contributed by atoms with E-state index in [0.717, 1.165) is 21.9 Å². The van der Waals surface area contributed by atoms with E-state index in [-0.39, 0.29) is 17.8 Å². The number of carbonyl (C=O) groups is 2. The van der Waals surface area contributed by atoms with Crippen LogP contribution in [-0.2, 0) is 17.6 Å². The predicted octanol–water partition coefficient (Wildman–Crippen LogP) is 4.53. The van der Waals surface area contributed by atoms with Crippen LogP contribution < -0.4 is 5.32 Å². The molecule has 0 fully saturated rings. The van der Waals surface area contributed by atoms with Gasteiger partial charge in [0.15, 0.2) is 5.78 Å². The maximum absolute atomic E-state index is 14.1. The van der Waals surface area contributed by atoms with Crippen molar-refractivity contribution in [1.82, 2.24) is 10.3 Å². The van der Waals surface area contributed by atoms with E-state index in [1.807, 2.05) is 54.6 Å². The van der Waals surface area contributed by atoms with Gasteiger partial charge in [0.2, 0.25) is 0 Å². The SMILES string of the molecule is O=C(NC(Cc1ccccc1)C(=O)Cc1cccc2cnccc12)c1ccccc1F.